The predicted octanol–water partition coefficient (Wildman–Crippen LogP) is 2.57. The Morgan fingerprint density at radius 2 is 1.96 bits per heavy atom. The molecule has 1 aromatic heterocycles. The first-order valence-corrected chi connectivity index (χ1v) is 8.38. The van der Waals surface area contributed by atoms with Crippen LogP contribution in [0.15, 0.2) is 29.1 Å². The molecule has 0 unspecified atom stereocenters. The highest BCUT2D eigenvalue weighted by Gasteiger charge is 2.20. The lowest BCUT2D eigenvalue weighted by Gasteiger charge is -2.21. The Bertz CT molecular complexity index is 819. The molecule has 0 radical (unpaired) electrons. The van der Waals surface area contributed by atoms with Crippen LogP contribution in [0.2, 0.25) is 0 Å². The van der Waals surface area contributed by atoms with Crippen LogP contribution in [0.1, 0.15) is 38.1 Å². The molecule has 0 spiro atoms. The van der Waals surface area contributed by atoms with Gasteiger partial charge in [0.25, 0.3) is 11.5 Å². The number of carbonyl (C=O) groups excluding carboxylic acids is 1. The van der Waals surface area contributed by atoms with Crippen molar-refractivity contribution in [1.82, 2.24) is 9.88 Å². The molecule has 0 aliphatic carbocycles. The molecule has 6 nitrogen and oxygen atoms in total. The Morgan fingerprint density at radius 3 is 2.56 bits per heavy atom. The number of ether oxygens (including phenoxy) is 2. The lowest BCUT2D eigenvalue weighted by molar-refractivity contribution is 0.0916. The fourth-order valence-corrected chi connectivity index (χ4v) is 2.57. The highest BCUT2D eigenvalue weighted by Crippen LogP contribution is 2.21. The zero-order chi connectivity index (χ0) is 18.6. The Hall–Kier alpha value is -2.34. The molecular weight excluding hydrogens is 320 g/mol. The first-order chi connectivity index (χ1) is 11.8. The van der Waals surface area contributed by atoms with Crippen LogP contribution < -0.4 is 15.6 Å². The van der Waals surface area contributed by atoms with Gasteiger partial charge in [0.05, 0.1) is 19.2 Å². The third-order valence-electron chi connectivity index (χ3n) is 3.70. The standard InChI is InChI=1S/C19H26N2O4/c1-6-25-10-9-21-16-12-14(24-5)8-7-13(16)11-15(18(21)23)17(22)20-19(2,3)4/h7-8,11-12H,6,9-10H2,1-5H3,(H,20,22). The SMILES string of the molecule is CCOCCn1c(=O)c(C(=O)NC(C)(C)C)cc2ccc(OC)cc21. The summed E-state index contributed by atoms with van der Waals surface area (Å²) in [6, 6.07) is 7.09. The molecule has 1 N–H and O–H groups in total. The summed E-state index contributed by atoms with van der Waals surface area (Å²) in [4.78, 5) is 25.5. The van der Waals surface area contributed by atoms with Gasteiger partial charge in [-0.05, 0) is 51.3 Å². The van der Waals surface area contributed by atoms with E-state index in [0.717, 1.165) is 10.9 Å². The molecule has 0 aliphatic rings. The first kappa shape index (κ1) is 19.0. The van der Waals surface area contributed by atoms with Crippen LogP contribution in [-0.2, 0) is 11.3 Å². The van der Waals surface area contributed by atoms with Crippen molar-refractivity contribution in [2.45, 2.75) is 39.8 Å². The summed E-state index contributed by atoms with van der Waals surface area (Å²) >= 11 is 0. The number of hydrogen-bond donors (Lipinski definition) is 1. The topological polar surface area (TPSA) is 69.6 Å². The number of rotatable bonds is 6. The number of pyridine rings is 1. The van der Waals surface area contributed by atoms with Crippen molar-refractivity contribution in [3.05, 3.63) is 40.2 Å². The van der Waals surface area contributed by atoms with E-state index in [0.29, 0.717) is 25.5 Å². The minimum Gasteiger partial charge on any atom is -0.497 e. The summed E-state index contributed by atoms with van der Waals surface area (Å²) in [6.07, 6.45) is 0. The van der Waals surface area contributed by atoms with Crippen molar-refractivity contribution < 1.29 is 14.3 Å². The largest absolute Gasteiger partial charge is 0.497 e. The van der Waals surface area contributed by atoms with Gasteiger partial charge in [0.2, 0.25) is 0 Å². The molecule has 0 fully saturated rings. The highest BCUT2D eigenvalue weighted by molar-refractivity contribution is 5.97. The number of amides is 1. The van der Waals surface area contributed by atoms with Crippen molar-refractivity contribution in [2.24, 2.45) is 0 Å². The van der Waals surface area contributed by atoms with Gasteiger partial charge < -0.3 is 19.4 Å². The number of aromatic nitrogens is 1. The second-order valence-corrected chi connectivity index (χ2v) is 6.84. The number of fused-ring (bicyclic) bond motifs is 1. The third kappa shape index (κ3) is 4.60. The van der Waals surface area contributed by atoms with Crippen LogP contribution >= 0.6 is 0 Å². The van der Waals surface area contributed by atoms with E-state index in [9.17, 15) is 9.59 Å². The van der Waals surface area contributed by atoms with E-state index < -0.39 is 5.54 Å². The molecule has 1 heterocycles. The maximum atomic E-state index is 12.9. The Kier molecular flexibility index (Phi) is 5.85. The maximum Gasteiger partial charge on any atom is 0.263 e. The van der Waals surface area contributed by atoms with Crippen molar-refractivity contribution in [3.8, 4) is 5.75 Å². The molecule has 25 heavy (non-hydrogen) atoms. The van der Waals surface area contributed by atoms with Crippen molar-refractivity contribution in [1.29, 1.82) is 0 Å². The Labute approximate surface area is 147 Å². The number of carbonyl (C=O) groups is 1. The fraction of sp³-hybridized carbons (Fsp3) is 0.474. The molecular formula is C19H26N2O4. The number of methoxy groups -OCH3 is 1. The quantitative estimate of drug-likeness (QED) is 0.816. The van der Waals surface area contributed by atoms with Gasteiger partial charge in [-0.25, -0.2) is 0 Å². The van der Waals surface area contributed by atoms with Crippen molar-refractivity contribution >= 4 is 16.8 Å². The minimum absolute atomic E-state index is 0.129. The average molecular weight is 346 g/mol. The Balaban J connectivity index is 2.59. The summed E-state index contributed by atoms with van der Waals surface area (Å²) in [7, 11) is 1.58. The molecule has 6 heteroatoms. The van der Waals surface area contributed by atoms with E-state index in [-0.39, 0.29) is 17.0 Å². The summed E-state index contributed by atoms with van der Waals surface area (Å²) < 4.78 is 12.2. The molecule has 2 rings (SSSR count). The van der Waals surface area contributed by atoms with Crippen LogP contribution in [-0.4, -0.2) is 36.3 Å². The molecule has 136 valence electrons. The van der Waals surface area contributed by atoms with E-state index in [1.54, 1.807) is 23.8 Å². The molecule has 1 amide bonds. The van der Waals surface area contributed by atoms with Gasteiger partial charge in [0.1, 0.15) is 11.3 Å². The Morgan fingerprint density at radius 1 is 1.24 bits per heavy atom. The second-order valence-electron chi connectivity index (χ2n) is 6.84. The number of nitrogens with one attached hydrogen (secondary N) is 1. The number of hydrogen-bond acceptors (Lipinski definition) is 4. The predicted molar refractivity (Wildman–Crippen MR) is 98.5 cm³/mol. The molecule has 0 saturated heterocycles. The van der Waals surface area contributed by atoms with Gasteiger partial charge in [-0.15, -0.1) is 0 Å². The van der Waals surface area contributed by atoms with Crippen LogP contribution in [0.3, 0.4) is 0 Å². The zero-order valence-corrected chi connectivity index (χ0v) is 15.5. The molecule has 0 saturated carbocycles. The summed E-state index contributed by atoms with van der Waals surface area (Å²) in [5.74, 6) is 0.282. The first-order valence-electron chi connectivity index (χ1n) is 8.38. The zero-order valence-electron chi connectivity index (χ0n) is 15.5. The second kappa shape index (κ2) is 7.70. The van der Waals surface area contributed by atoms with Crippen LogP contribution in [0, 0.1) is 0 Å². The van der Waals surface area contributed by atoms with E-state index in [4.69, 9.17) is 9.47 Å². The maximum absolute atomic E-state index is 12.9. The van der Waals surface area contributed by atoms with Gasteiger partial charge in [-0.1, -0.05) is 0 Å². The smallest absolute Gasteiger partial charge is 0.263 e. The van der Waals surface area contributed by atoms with Gasteiger partial charge >= 0.3 is 0 Å². The van der Waals surface area contributed by atoms with E-state index in [1.165, 1.54) is 0 Å². The van der Waals surface area contributed by atoms with Gasteiger partial charge in [-0.3, -0.25) is 9.59 Å². The monoisotopic (exact) mass is 346 g/mol. The van der Waals surface area contributed by atoms with E-state index in [1.807, 2.05) is 39.8 Å². The van der Waals surface area contributed by atoms with Gasteiger partial charge in [-0.2, -0.15) is 0 Å². The van der Waals surface area contributed by atoms with Crippen LogP contribution in [0.5, 0.6) is 5.75 Å². The molecule has 2 aromatic rings. The summed E-state index contributed by atoms with van der Waals surface area (Å²) in [5, 5.41) is 3.65. The fourth-order valence-electron chi connectivity index (χ4n) is 2.57. The molecule has 0 bridgehead atoms. The minimum atomic E-state index is -0.422. The van der Waals surface area contributed by atoms with Crippen LogP contribution in [0.4, 0.5) is 0 Å². The lowest BCUT2D eigenvalue weighted by atomic mass is 10.1. The van der Waals surface area contributed by atoms with Gasteiger partial charge in [0, 0.05) is 24.8 Å². The third-order valence-corrected chi connectivity index (χ3v) is 3.70. The summed E-state index contributed by atoms with van der Waals surface area (Å²) in [5.41, 5.74) is 0.0943. The molecule has 1 aromatic carbocycles. The van der Waals surface area contributed by atoms with Gasteiger partial charge in [0.15, 0.2) is 0 Å². The number of benzene rings is 1. The normalized spacial score (nSPS) is 11.6. The molecule has 0 aliphatic heterocycles. The van der Waals surface area contributed by atoms with Crippen LogP contribution in [0.25, 0.3) is 10.9 Å². The summed E-state index contributed by atoms with van der Waals surface area (Å²) in [6.45, 7) is 8.87. The van der Waals surface area contributed by atoms with E-state index >= 15 is 0 Å². The molecule has 0 atom stereocenters. The van der Waals surface area contributed by atoms with Crippen molar-refractivity contribution in [3.63, 3.8) is 0 Å². The lowest BCUT2D eigenvalue weighted by Crippen LogP contribution is -2.43. The number of nitrogens with zero attached hydrogens (tertiary/aromatic N) is 1. The average Bonchev–Trinajstić information content (AvgIpc) is 2.54. The highest BCUT2D eigenvalue weighted by atomic mass is 16.5. The van der Waals surface area contributed by atoms with Crippen molar-refractivity contribution in [2.75, 3.05) is 20.3 Å². The van der Waals surface area contributed by atoms with E-state index in [2.05, 4.69) is 5.32 Å².